The Balaban J connectivity index is 0. The third-order valence-corrected chi connectivity index (χ3v) is 0.667. The molecule has 0 unspecified atom stereocenters. The number of hydrogen-bond acceptors (Lipinski definition) is 1. The van der Waals surface area contributed by atoms with Crippen LogP contribution < -0.4 is 0 Å². The second-order valence-electron chi connectivity index (χ2n) is 1.56. The summed E-state index contributed by atoms with van der Waals surface area (Å²) in [5.74, 6) is 0. The molecule has 1 nitrogen and oxygen atoms in total. The quantitative estimate of drug-likeness (QED) is 0.541. The maximum Gasteiger partial charge on any atom is 0.0351 e. The first kappa shape index (κ1) is 11.9. The first-order chi connectivity index (χ1) is 4.41. The summed E-state index contributed by atoms with van der Waals surface area (Å²) in [4.78, 5) is 0. The zero-order valence-electron chi connectivity index (χ0n) is 6.28. The van der Waals surface area contributed by atoms with E-state index in [9.17, 15) is 0 Å². The average Bonchev–Trinajstić information content (AvgIpc) is 1.93. The summed E-state index contributed by atoms with van der Waals surface area (Å²) in [7, 11) is 3.25. The fraction of sp³-hybridized carbons (Fsp3) is 0.250. The zero-order chi connectivity index (χ0) is 6.95. The van der Waals surface area contributed by atoms with E-state index in [-0.39, 0.29) is 4.70 Å². The van der Waals surface area contributed by atoms with Gasteiger partial charge in [-0.1, -0.05) is 36.4 Å². The van der Waals surface area contributed by atoms with E-state index in [2.05, 4.69) is 4.74 Å². The van der Waals surface area contributed by atoms with Gasteiger partial charge in [-0.2, -0.15) is 0 Å². The van der Waals surface area contributed by atoms with E-state index in [0.717, 1.165) is 0 Å². The number of hydrogen-bond donors (Lipinski definition) is 0. The van der Waals surface area contributed by atoms with Crippen molar-refractivity contribution in [1.82, 2.24) is 0 Å². The normalized spacial score (nSPS) is 6.60. The van der Waals surface area contributed by atoms with Crippen LogP contribution in [0.1, 0.15) is 0 Å². The lowest BCUT2D eigenvalue weighted by Crippen LogP contribution is -1.55. The van der Waals surface area contributed by atoms with Crippen molar-refractivity contribution < 1.29 is 9.44 Å². The molecule has 0 heterocycles. The van der Waals surface area contributed by atoms with Crippen molar-refractivity contribution in [3.8, 4) is 0 Å². The number of benzene rings is 1. The van der Waals surface area contributed by atoms with Crippen molar-refractivity contribution in [1.29, 1.82) is 0 Å². The van der Waals surface area contributed by atoms with Gasteiger partial charge in [0.15, 0.2) is 0 Å². The highest BCUT2D eigenvalue weighted by atomic mass is 19.0. The van der Waals surface area contributed by atoms with Gasteiger partial charge in [0.25, 0.3) is 0 Å². The van der Waals surface area contributed by atoms with E-state index >= 15 is 0 Å². The highest BCUT2D eigenvalue weighted by molar-refractivity contribution is 4.99. The molecule has 10 heavy (non-hydrogen) atoms. The predicted molar refractivity (Wildman–Crippen MR) is 41.9 cm³/mol. The monoisotopic (exact) mass is 144 g/mol. The van der Waals surface area contributed by atoms with Crippen LogP contribution in [-0.4, -0.2) is 14.2 Å². The lowest BCUT2D eigenvalue weighted by atomic mass is 10.4. The van der Waals surface area contributed by atoms with Crippen molar-refractivity contribution in [2.75, 3.05) is 14.2 Å². The molecule has 0 aliphatic rings. The minimum absolute atomic E-state index is 0. The van der Waals surface area contributed by atoms with Crippen molar-refractivity contribution in [2.24, 2.45) is 0 Å². The first-order valence-electron chi connectivity index (χ1n) is 2.82. The molecule has 1 aromatic carbocycles. The molecular weight excluding hydrogens is 131 g/mol. The Bertz CT molecular complexity index is 92.1. The van der Waals surface area contributed by atoms with Crippen LogP contribution in [0.2, 0.25) is 0 Å². The second-order valence-corrected chi connectivity index (χ2v) is 1.56. The molecule has 0 saturated carbocycles. The van der Waals surface area contributed by atoms with Gasteiger partial charge in [0, 0.05) is 14.2 Å². The second kappa shape index (κ2) is 11.0. The highest BCUT2D eigenvalue weighted by Gasteiger charge is 1.57. The van der Waals surface area contributed by atoms with Gasteiger partial charge in [-0.3, -0.25) is 4.70 Å². The van der Waals surface area contributed by atoms with Crippen LogP contribution in [0.3, 0.4) is 0 Å². The number of halogens is 1. The summed E-state index contributed by atoms with van der Waals surface area (Å²) < 4.78 is 4.25. The molecule has 0 atom stereocenters. The van der Waals surface area contributed by atoms with E-state index in [0.29, 0.717) is 0 Å². The molecule has 0 radical (unpaired) electrons. The summed E-state index contributed by atoms with van der Waals surface area (Å²) >= 11 is 0. The van der Waals surface area contributed by atoms with Crippen LogP contribution in [0, 0.1) is 0 Å². The topological polar surface area (TPSA) is 9.23 Å². The van der Waals surface area contributed by atoms with E-state index in [1.165, 1.54) is 0 Å². The molecule has 0 fully saturated rings. The maximum atomic E-state index is 4.25. The van der Waals surface area contributed by atoms with Crippen molar-refractivity contribution in [2.45, 2.75) is 0 Å². The fourth-order valence-corrected chi connectivity index (χ4v) is 0.385. The predicted octanol–water partition coefficient (Wildman–Crippen LogP) is 2.10. The molecule has 0 bridgehead atoms. The molecule has 2 heteroatoms. The maximum absolute atomic E-state index is 4.25. The molecule has 58 valence electrons. The minimum atomic E-state index is 0. The van der Waals surface area contributed by atoms with Gasteiger partial charge in [-0.25, -0.2) is 0 Å². The zero-order valence-corrected chi connectivity index (χ0v) is 6.28. The van der Waals surface area contributed by atoms with Gasteiger partial charge >= 0.3 is 0 Å². The van der Waals surface area contributed by atoms with Gasteiger partial charge in [0.2, 0.25) is 0 Å². The standard InChI is InChI=1S/C6H6.C2H6O.FH/c1-2-4-6-5-3-1;1-3-2;/h1-6H;1-2H3;1H. The SMILES string of the molecule is COC.F.c1ccccc1. The minimum Gasteiger partial charge on any atom is -0.388 e. The van der Waals surface area contributed by atoms with Crippen molar-refractivity contribution >= 4 is 0 Å². The summed E-state index contributed by atoms with van der Waals surface area (Å²) in [5.41, 5.74) is 0. The lowest BCUT2D eigenvalue weighted by Gasteiger charge is -1.69. The summed E-state index contributed by atoms with van der Waals surface area (Å²) in [6.45, 7) is 0. The number of rotatable bonds is 0. The van der Waals surface area contributed by atoms with Gasteiger partial charge in [0.1, 0.15) is 0 Å². The molecule has 0 spiro atoms. The van der Waals surface area contributed by atoms with Gasteiger partial charge in [-0.05, 0) is 0 Å². The van der Waals surface area contributed by atoms with Crippen LogP contribution in [0.25, 0.3) is 0 Å². The fourth-order valence-electron chi connectivity index (χ4n) is 0.385. The Morgan fingerprint density at radius 1 is 0.700 bits per heavy atom. The van der Waals surface area contributed by atoms with Crippen LogP contribution >= 0.6 is 0 Å². The average molecular weight is 144 g/mol. The number of ether oxygens (including phenoxy) is 1. The summed E-state index contributed by atoms with van der Waals surface area (Å²) in [5, 5.41) is 0. The van der Waals surface area contributed by atoms with E-state index in [4.69, 9.17) is 0 Å². The third kappa shape index (κ3) is 10.2. The van der Waals surface area contributed by atoms with Crippen LogP contribution in [0.5, 0.6) is 0 Å². The van der Waals surface area contributed by atoms with Crippen LogP contribution in [-0.2, 0) is 4.74 Å². The van der Waals surface area contributed by atoms with Crippen LogP contribution in [0.4, 0.5) is 4.70 Å². The Kier molecular flexibility index (Phi) is 13.0. The molecule has 1 rings (SSSR count). The molecule has 0 aliphatic heterocycles. The molecule has 0 saturated heterocycles. The smallest absolute Gasteiger partial charge is 0.0351 e. The summed E-state index contributed by atoms with van der Waals surface area (Å²) in [6.07, 6.45) is 0. The Morgan fingerprint density at radius 2 is 0.800 bits per heavy atom. The largest absolute Gasteiger partial charge is 0.388 e. The van der Waals surface area contributed by atoms with Crippen molar-refractivity contribution in [3.05, 3.63) is 36.4 Å². The van der Waals surface area contributed by atoms with E-state index in [1.54, 1.807) is 14.2 Å². The Morgan fingerprint density at radius 3 is 0.900 bits per heavy atom. The molecule has 0 amide bonds. The van der Waals surface area contributed by atoms with E-state index in [1.807, 2.05) is 36.4 Å². The first-order valence-corrected chi connectivity index (χ1v) is 2.82. The molecule has 1 aromatic rings. The van der Waals surface area contributed by atoms with Gasteiger partial charge in [0.05, 0.1) is 0 Å². The van der Waals surface area contributed by atoms with Gasteiger partial charge in [-0.15, -0.1) is 0 Å². The molecule has 0 aliphatic carbocycles. The van der Waals surface area contributed by atoms with E-state index < -0.39 is 0 Å². The molecular formula is C8H13FO. The van der Waals surface area contributed by atoms with Crippen LogP contribution in [0.15, 0.2) is 36.4 Å². The third-order valence-electron chi connectivity index (χ3n) is 0.667. The Hall–Kier alpha value is -0.890. The summed E-state index contributed by atoms with van der Waals surface area (Å²) in [6, 6.07) is 12.0. The van der Waals surface area contributed by atoms with Crippen molar-refractivity contribution in [3.63, 3.8) is 0 Å². The molecule has 0 N–H and O–H groups in total. The van der Waals surface area contributed by atoms with Gasteiger partial charge < -0.3 is 4.74 Å². The lowest BCUT2D eigenvalue weighted by molar-refractivity contribution is 0.277. The number of methoxy groups -OCH3 is 1. The molecule has 0 aromatic heterocycles. The highest BCUT2D eigenvalue weighted by Crippen LogP contribution is 1.79. The Labute approximate surface area is 61.0 Å².